The lowest BCUT2D eigenvalue weighted by Gasteiger charge is -2.28. The van der Waals surface area contributed by atoms with Crippen LogP contribution in [-0.4, -0.2) is 23.5 Å². The lowest BCUT2D eigenvalue weighted by molar-refractivity contribution is 0.238. The van der Waals surface area contributed by atoms with Gasteiger partial charge in [0, 0.05) is 24.8 Å². The molecule has 0 aliphatic rings. The van der Waals surface area contributed by atoms with Crippen LogP contribution >= 0.6 is 0 Å². The summed E-state index contributed by atoms with van der Waals surface area (Å²) in [6.45, 7) is 7.70. The van der Waals surface area contributed by atoms with Crippen molar-refractivity contribution < 1.29 is 0 Å². The van der Waals surface area contributed by atoms with Crippen LogP contribution in [0.5, 0.6) is 0 Å². The first-order chi connectivity index (χ1) is 10.0. The predicted octanol–water partition coefficient (Wildman–Crippen LogP) is 3.14. The third-order valence-corrected chi connectivity index (χ3v) is 3.90. The van der Waals surface area contributed by atoms with E-state index in [-0.39, 0.29) is 6.04 Å². The zero-order chi connectivity index (χ0) is 15.4. The van der Waals surface area contributed by atoms with Crippen LogP contribution in [0.2, 0.25) is 0 Å². The maximum atomic E-state index is 6.03. The van der Waals surface area contributed by atoms with Gasteiger partial charge in [-0.15, -0.1) is 0 Å². The van der Waals surface area contributed by atoms with Gasteiger partial charge in [-0.3, -0.25) is 9.88 Å². The van der Waals surface area contributed by atoms with Crippen molar-refractivity contribution in [3.05, 3.63) is 64.5 Å². The number of aromatic nitrogens is 1. The molecule has 0 saturated carbocycles. The van der Waals surface area contributed by atoms with Gasteiger partial charge in [-0.1, -0.05) is 29.8 Å². The molecule has 0 amide bonds. The first-order valence-corrected chi connectivity index (χ1v) is 7.41. The zero-order valence-corrected chi connectivity index (χ0v) is 13.4. The number of pyridine rings is 1. The van der Waals surface area contributed by atoms with Crippen molar-refractivity contribution in [2.45, 2.75) is 33.4 Å². The van der Waals surface area contributed by atoms with Gasteiger partial charge in [0.15, 0.2) is 0 Å². The second kappa shape index (κ2) is 6.83. The summed E-state index contributed by atoms with van der Waals surface area (Å²) in [6.07, 6.45) is 0. The summed E-state index contributed by atoms with van der Waals surface area (Å²) in [5.41, 5.74) is 12.1. The summed E-state index contributed by atoms with van der Waals surface area (Å²) < 4.78 is 0. The average Bonchev–Trinajstić information content (AvgIpc) is 2.42. The van der Waals surface area contributed by atoms with Gasteiger partial charge in [0.1, 0.15) is 0 Å². The molecule has 3 heteroatoms. The van der Waals surface area contributed by atoms with Gasteiger partial charge in [0.05, 0.1) is 5.69 Å². The van der Waals surface area contributed by atoms with Gasteiger partial charge in [-0.2, -0.15) is 0 Å². The SMILES string of the molecule is Cc1ccc(C(CN)N(C)Cc2cccc(C)n2)c(C)c1. The zero-order valence-electron chi connectivity index (χ0n) is 13.4. The number of benzene rings is 1. The van der Waals surface area contributed by atoms with Crippen LogP contribution in [0.15, 0.2) is 36.4 Å². The molecule has 21 heavy (non-hydrogen) atoms. The fraction of sp³-hybridized carbons (Fsp3) is 0.389. The smallest absolute Gasteiger partial charge is 0.0547 e. The van der Waals surface area contributed by atoms with E-state index in [1.807, 2.05) is 13.0 Å². The lowest BCUT2D eigenvalue weighted by Crippen LogP contribution is -2.31. The minimum absolute atomic E-state index is 0.216. The number of likely N-dealkylation sites (N-methyl/N-ethyl adjacent to an activating group) is 1. The van der Waals surface area contributed by atoms with Gasteiger partial charge in [0.2, 0.25) is 0 Å². The molecule has 0 radical (unpaired) electrons. The largest absolute Gasteiger partial charge is 0.329 e. The molecule has 1 atom stereocenters. The Morgan fingerprint density at radius 1 is 1.14 bits per heavy atom. The monoisotopic (exact) mass is 283 g/mol. The number of hydrogen-bond acceptors (Lipinski definition) is 3. The molecule has 1 aromatic carbocycles. The Labute approximate surface area is 127 Å². The summed E-state index contributed by atoms with van der Waals surface area (Å²) in [7, 11) is 2.11. The van der Waals surface area contributed by atoms with Crippen LogP contribution < -0.4 is 5.73 Å². The Morgan fingerprint density at radius 3 is 2.52 bits per heavy atom. The van der Waals surface area contributed by atoms with Crippen LogP contribution in [-0.2, 0) is 6.54 Å². The highest BCUT2D eigenvalue weighted by Crippen LogP contribution is 2.24. The molecule has 0 spiro atoms. The van der Waals surface area contributed by atoms with Crippen LogP contribution in [0.25, 0.3) is 0 Å². The summed E-state index contributed by atoms with van der Waals surface area (Å²) >= 11 is 0. The average molecular weight is 283 g/mol. The highest BCUT2D eigenvalue weighted by molar-refractivity contribution is 5.33. The quantitative estimate of drug-likeness (QED) is 0.916. The van der Waals surface area contributed by atoms with Crippen molar-refractivity contribution in [3.8, 4) is 0 Å². The molecule has 2 N–H and O–H groups in total. The Bertz CT molecular complexity index is 607. The highest BCUT2D eigenvalue weighted by Gasteiger charge is 2.18. The van der Waals surface area contributed by atoms with E-state index in [0.717, 1.165) is 17.9 Å². The third kappa shape index (κ3) is 3.90. The number of hydrogen-bond donors (Lipinski definition) is 1. The van der Waals surface area contributed by atoms with Crippen LogP contribution in [0.1, 0.15) is 34.1 Å². The minimum Gasteiger partial charge on any atom is -0.329 e. The van der Waals surface area contributed by atoms with Gasteiger partial charge in [0.25, 0.3) is 0 Å². The van der Waals surface area contributed by atoms with Crippen molar-refractivity contribution in [3.63, 3.8) is 0 Å². The normalized spacial score (nSPS) is 12.7. The third-order valence-electron chi connectivity index (χ3n) is 3.90. The molecule has 2 rings (SSSR count). The molecular formula is C18H25N3. The topological polar surface area (TPSA) is 42.1 Å². The number of nitrogens with zero attached hydrogens (tertiary/aromatic N) is 2. The molecular weight excluding hydrogens is 258 g/mol. The molecule has 112 valence electrons. The number of aryl methyl sites for hydroxylation is 3. The minimum atomic E-state index is 0.216. The molecule has 2 aromatic rings. The Hall–Kier alpha value is -1.71. The molecule has 0 aliphatic heterocycles. The van der Waals surface area contributed by atoms with Gasteiger partial charge >= 0.3 is 0 Å². The molecule has 0 fully saturated rings. The number of rotatable bonds is 5. The van der Waals surface area contributed by atoms with Crippen LogP contribution in [0.4, 0.5) is 0 Å². The highest BCUT2D eigenvalue weighted by atomic mass is 15.1. The van der Waals surface area contributed by atoms with Crippen molar-refractivity contribution in [2.24, 2.45) is 5.73 Å². The summed E-state index contributed by atoms with van der Waals surface area (Å²) in [5.74, 6) is 0. The Morgan fingerprint density at radius 2 is 1.90 bits per heavy atom. The second-order valence-corrected chi connectivity index (χ2v) is 5.80. The molecule has 1 unspecified atom stereocenters. The maximum absolute atomic E-state index is 6.03. The van der Waals surface area contributed by atoms with E-state index in [9.17, 15) is 0 Å². The lowest BCUT2D eigenvalue weighted by atomic mass is 9.98. The van der Waals surface area contributed by atoms with Gasteiger partial charge in [-0.25, -0.2) is 0 Å². The molecule has 1 heterocycles. The van der Waals surface area contributed by atoms with E-state index in [1.165, 1.54) is 16.7 Å². The van der Waals surface area contributed by atoms with Crippen LogP contribution in [0.3, 0.4) is 0 Å². The van der Waals surface area contributed by atoms with E-state index < -0.39 is 0 Å². The maximum Gasteiger partial charge on any atom is 0.0547 e. The first-order valence-electron chi connectivity index (χ1n) is 7.41. The predicted molar refractivity (Wildman–Crippen MR) is 88.2 cm³/mol. The Balaban J connectivity index is 2.20. The van der Waals surface area contributed by atoms with Gasteiger partial charge < -0.3 is 5.73 Å². The molecule has 0 bridgehead atoms. The fourth-order valence-electron chi connectivity index (χ4n) is 2.80. The van der Waals surface area contributed by atoms with E-state index in [4.69, 9.17) is 5.73 Å². The molecule has 1 aromatic heterocycles. The van der Waals surface area contributed by atoms with E-state index in [2.05, 4.69) is 61.1 Å². The molecule has 0 aliphatic carbocycles. The van der Waals surface area contributed by atoms with Crippen molar-refractivity contribution >= 4 is 0 Å². The number of nitrogens with two attached hydrogens (primary N) is 1. The van der Waals surface area contributed by atoms with E-state index in [0.29, 0.717) is 6.54 Å². The van der Waals surface area contributed by atoms with E-state index >= 15 is 0 Å². The molecule has 3 nitrogen and oxygen atoms in total. The fourth-order valence-corrected chi connectivity index (χ4v) is 2.80. The first kappa shape index (κ1) is 15.7. The van der Waals surface area contributed by atoms with Gasteiger partial charge in [-0.05, 0) is 51.1 Å². The summed E-state index contributed by atoms with van der Waals surface area (Å²) in [4.78, 5) is 6.85. The molecule has 0 saturated heterocycles. The summed E-state index contributed by atoms with van der Waals surface area (Å²) in [6, 6.07) is 12.9. The van der Waals surface area contributed by atoms with Crippen LogP contribution in [0, 0.1) is 20.8 Å². The standard InChI is InChI=1S/C18H25N3/c1-13-8-9-17(14(2)10-13)18(11-19)21(4)12-16-7-5-6-15(3)20-16/h5-10,18H,11-12,19H2,1-4H3. The van der Waals surface area contributed by atoms with E-state index in [1.54, 1.807) is 0 Å². The van der Waals surface area contributed by atoms with Crippen molar-refractivity contribution in [2.75, 3.05) is 13.6 Å². The van der Waals surface area contributed by atoms with Crippen molar-refractivity contribution in [1.29, 1.82) is 0 Å². The Kier molecular flexibility index (Phi) is 5.10. The second-order valence-electron chi connectivity index (χ2n) is 5.80. The summed E-state index contributed by atoms with van der Waals surface area (Å²) in [5, 5.41) is 0. The van der Waals surface area contributed by atoms with Crippen molar-refractivity contribution in [1.82, 2.24) is 9.88 Å².